The van der Waals surface area contributed by atoms with E-state index in [0.29, 0.717) is 5.02 Å². The Hall–Kier alpha value is -1.14. The number of thioether (sulfide) groups is 2. The first-order valence-corrected chi connectivity index (χ1v) is 11.1. The second kappa shape index (κ2) is 9.70. The monoisotopic (exact) mass is 406 g/mol. The van der Waals surface area contributed by atoms with Gasteiger partial charge in [-0.25, -0.2) is 0 Å². The van der Waals surface area contributed by atoms with Crippen molar-refractivity contribution in [2.45, 2.75) is 23.6 Å². The van der Waals surface area contributed by atoms with Gasteiger partial charge in [0, 0.05) is 46.7 Å². The van der Waals surface area contributed by atoms with Crippen molar-refractivity contribution >= 4 is 46.7 Å². The van der Waals surface area contributed by atoms with Crippen LogP contribution in [0.4, 0.5) is 5.69 Å². The van der Waals surface area contributed by atoms with Crippen LogP contribution < -0.4 is 5.32 Å². The van der Waals surface area contributed by atoms with Gasteiger partial charge in [-0.15, -0.1) is 11.8 Å². The first-order valence-electron chi connectivity index (χ1n) is 8.72. The molecule has 2 aromatic carbocycles. The zero-order valence-electron chi connectivity index (χ0n) is 14.8. The molecule has 1 saturated heterocycles. The summed E-state index contributed by atoms with van der Waals surface area (Å²) in [6, 6.07) is 15.7. The van der Waals surface area contributed by atoms with Crippen LogP contribution in [0.2, 0.25) is 5.02 Å². The van der Waals surface area contributed by atoms with Crippen LogP contribution in [-0.2, 0) is 11.3 Å². The van der Waals surface area contributed by atoms with Gasteiger partial charge in [-0.1, -0.05) is 23.7 Å². The highest BCUT2D eigenvalue weighted by molar-refractivity contribution is 8.00. The molecule has 0 radical (unpaired) electrons. The molecule has 138 valence electrons. The van der Waals surface area contributed by atoms with Crippen LogP contribution in [-0.4, -0.2) is 40.7 Å². The fourth-order valence-corrected chi connectivity index (χ4v) is 4.75. The third kappa shape index (κ3) is 5.95. The van der Waals surface area contributed by atoms with Crippen LogP contribution in [0, 0.1) is 0 Å². The van der Waals surface area contributed by atoms with E-state index < -0.39 is 0 Å². The Morgan fingerprint density at radius 3 is 2.69 bits per heavy atom. The number of carbonyl (C=O) groups is 1. The maximum Gasteiger partial charge on any atom is 0.237 e. The number of hydrogen-bond acceptors (Lipinski definition) is 4. The van der Waals surface area contributed by atoms with E-state index in [1.165, 1.54) is 28.8 Å². The zero-order chi connectivity index (χ0) is 18.4. The minimum atomic E-state index is -0.182. The van der Waals surface area contributed by atoms with Gasteiger partial charge in [0.25, 0.3) is 0 Å². The zero-order valence-corrected chi connectivity index (χ0v) is 17.2. The Morgan fingerprint density at radius 2 is 1.96 bits per heavy atom. The van der Waals surface area contributed by atoms with Gasteiger partial charge in [0.2, 0.25) is 5.91 Å². The molecule has 1 aliphatic rings. The number of nitrogens with one attached hydrogen (secondary N) is 1. The van der Waals surface area contributed by atoms with Crippen LogP contribution in [0.25, 0.3) is 0 Å². The Bertz CT molecular complexity index is 733. The van der Waals surface area contributed by atoms with E-state index in [-0.39, 0.29) is 11.2 Å². The lowest BCUT2D eigenvalue weighted by Crippen LogP contribution is -2.32. The first-order chi connectivity index (χ1) is 12.6. The highest BCUT2D eigenvalue weighted by Gasteiger charge is 2.15. The molecule has 0 aliphatic carbocycles. The molecule has 1 amide bonds. The van der Waals surface area contributed by atoms with Crippen molar-refractivity contribution in [1.29, 1.82) is 0 Å². The molecule has 0 saturated carbocycles. The summed E-state index contributed by atoms with van der Waals surface area (Å²) >= 11 is 9.46. The molecule has 26 heavy (non-hydrogen) atoms. The summed E-state index contributed by atoms with van der Waals surface area (Å²) in [7, 11) is 0. The Kier molecular flexibility index (Phi) is 7.32. The quantitative estimate of drug-likeness (QED) is 0.683. The molecule has 0 aromatic heterocycles. The lowest BCUT2D eigenvalue weighted by atomic mass is 10.2. The Labute approximate surface area is 168 Å². The minimum absolute atomic E-state index is 0.0106. The fraction of sp³-hybridized carbons (Fsp3) is 0.350. The van der Waals surface area contributed by atoms with E-state index in [9.17, 15) is 4.79 Å². The standard InChI is InChI=1S/C20H23ClN2OS2/c1-15(26-19-7-5-17(21)6-8-19)20(24)22-18-4-2-3-16(13-18)14-23-9-11-25-12-10-23/h2-8,13,15H,9-12,14H2,1H3,(H,22,24). The molecular formula is C20H23ClN2OS2. The van der Waals surface area contributed by atoms with E-state index in [0.717, 1.165) is 30.2 Å². The fourth-order valence-electron chi connectivity index (χ4n) is 2.78. The smallest absolute Gasteiger partial charge is 0.237 e. The van der Waals surface area contributed by atoms with Crippen molar-refractivity contribution in [3.63, 3.8) is 0 Å². The number of benzene rings is 2. The topological polar surface area (TPSA) is 32.3 Å². The molecule has 3 rings (SSSR count). The van der Waals surface area contributed by atoms with Crippen LogP contribution in [0.1, 0.15) is 12.5 Å². The number of rotatable bonds is 6. The number of amides is 1. The summed E-state index contributed by atoms with van der Waals surface area (Å²) in [5, 5.41) is 3.57. The van der Waals surface area contributed by atoms with E-state index in [4.69, 9.17) is 11.6 Å². The van der Waals surface area contributed by atoms with Gasteiger partial charge in [0.15, 0.2) is 0 Å². The summed E-state index contributed by atoms with van der Waals surface area (Å²) in [4.78, 5) is 16.0. The third-order valence-electron chi connectivity index (χ3n) is 4.20. The molecular weight excluding hydrogens is 384 g/mol. The third-order valence-corrected chi connectivity index (χ3v) is 6.51. The van der Waals surface area contributed by atoms with E-state index >= 15 is 0 Å². The summed E-state index contributed by atoms with van der Waals surface area (Å²) in [5.41, 5.74) is 2.11. The highest BCUT2D eigenvalue weighted by Crippen LogP contribution is 2.26. The second-order valence-corrected chi connectivity index (χ2v) is 9.37. The number of halogens is 1. The molecule has 6 heteroatoms. The normalized spacial score (nSPS) is 16.2. The van der Waals surface area contributed by atoms with Gasteiger partial charge in [0.05, 0.1) is 5.25 Å². The number of anilines is 1. The maximum absolute atomic E-state index is 12.5. The number of nitrogens with zero attached hydrogens (tertiary/aromatic N) is 1. The SMILES string of the molecule is CC(Sc1ccc(Cl)cc1)C(=O)Nc1cccc(CN2CCSCC2)c1. The van der Waals surface area contributed by atoms with Crippen molar-refractivity contribution in [3.05, 3.63) is 59.1 Å². The molecule has 1 unspecified atom stereocenters. The molecule has 2 aromatic rings. The van der Waals surface area contributed by atoms with Crippen LogP contribution in [0.3, 0.4) is 0 Å². The lowest BCUT2D eigenvalue weighted by Gasteiger charge is -2.26. The molecule has 1 N–H and O–H groups in total. The van der Waals surface area contributed by atoms with Crippen molar-refractivity contribution in [2.75, 3.05) is 29.9 Å². The minimum Gasteiger partial charge on any atom is -0.325 e. The summed E-state index contributed by atoms with van der Waals surface area (Å²) in [6.45, 7) is 5.13. The Morgan fingerprint density at radius 1 is 1.23 bits per heavy atom. The number of carbonyl (C=O) groups excluding carboxylic acids is 1. The van der Waals surface area contributed by atoms with Crippen LogP contribution in [0.15, 0.2) is 53.4 Å². The maximum atomic E-state index is 12.5. The van der Waals surface area contributed by atoms with E-state index in [2.05, 4.69) is 22.3 Å². The van der Waals surface area contributed by atoms with Crippen LogP contribution >= 0.6 is 35.1 Å². The van der Waals surface area contributed by atoms with Crippen LogP contribution in [0.5, 0.6) is 0 Å². The van der Waals surface area contributed by atoms with E-state index in [1.807, 2.05) is 55.1 Å². The largest absolute Gasteiger partial charge is 0.325 e. The lowest BCUT2D eigenvalue weighted by molar-refractivity contribution is -0.115. The molecule has 3 nitrogen and oxygen atoms in total. The predicted octanol–water partition coefficient (Wildman–Crippen LogP) is 5.01. The molecule has 0 bridgehead atoms. The van der Waals surface area contributed by atoms with Gasteiger partial charge < -0.3 is 5.32 Å². The molecule has 1 fully saturated rings. The second-order valence-electron chi connectivity index (χ2n) is 6.29. The van der Waals surface area contributed by atoms with Gasteiger partial charge in [-0.05, 0) is 48.9 Å². The summed E-state index contributed by atoms with van der Waals surface area (Å²) in [6.07, 6.45) is 0. The molecule has 1 atom stereocenters. The van der Waals surface area contributed by atoms with Gasteiger partial charge >= 0.3 is 0 Å². The first kappa shape index (κ1) is 19.6. The average molecular weight is 407 g/mol. The summed E-state index contributed by atoms with van der Waals surface area (Å²) in [5.74, 6) is 2.42. The van der Waals surface area contributed by atoms with Crippen molar-refractivity contribution in [2.24, 2.45) is 0 Å². The van der Waals surface area contributed by atoms with Gasteiger partial charge in [0.1, 0.15) is 0 Å². The van der Waals surface area contributed by atoms with Crippen molar-refractivity contribution in [3.8, 4) is 0 Å². The van der Waals surface area contributed by atoms with Gasteiger partial charge in [-0.3, -0.25) is 9.69 Å². The highest BCUT2D eigenvalue weighted by atomic mass is 35.5. The molecule has 0 spiro atoms. The van der Waals surface area contributed by atoms with Gasteiger partial charge in [-0.2, -0.15) is 11.8 Å². The molecule has 1 aliphatic heterocycles. The average Bonchev–Trinajstić information content (AvgIpc) is 2.65. The van der Waals surface area contributed by atoms with E-state index in [1.54, 1.807) is 0 Å². The molecule has 1 heterocycles. The van der Waals surface area contributed by atoms with Crippen molar-refractivity contribution in [1.82, 2.24) is 4.90 Å². The predicted molar refractivity (Wildman–Crippen MR) is 114 cm³/mol. The summed E-state index contributed by atoms with van der Waals surface area (Å²) < 4.78 is 0. The van der Waals surface area contributed by atoms with Crippen molar-refractivity contribution < 1.29 is 4.79 Å². The Balaban J connectivity index is 1.56. The number of hydrogen-bond donors (Lipinski definition) is 1.